The zero-order valence-electron chi connectivity index (χ0n) is 15.2. The Balaban J connectivity index is 2.20. The smallest absolute Gasteiger partial charge is 0.271 e. The fraction of sp³-hybridized carbons (Fsp3) is 0.278. The number of sulfonamides is 1. The van der Waals surface area contributed by atoms with Crippen LogP contribution in [0, 0.1) is 10.1 Å². The molecular weight excluding hydrogens is 370 g/mol. The standard InChI is InChI=1S/C18H21N3O5S/c1-13(2)14-7-9-15(10-8-14)19-18(22)12-20(27(3,25)26)16-5-4-6-17(11-16)21(23)24/h4-11,13H,12H2,1-3H3,(H,19,22). The number of nitrogens with zero attached hydrogens (tertiary/aromatic N) is 2. The zero-order valence-corrected chi connectivity index (χ0v) is 16.1. The van der Waals surface area contributed by atoms with Crippen molar-refractivity contribution in [2.24, 2.45) is 0 Å². The van der Waals surface area contributed by atoms with Gasteiger partial charge in [-0.15, -0.1) is 0 Å². The molecule has 8 nitrogen and oxygen atoms in total. The third-order valence-electron chi connectivity index (χ3n) is 3.88. The van der Waals surface area contributed by atoms with Gasteiger partial charge in [-0.05, 0) is 29.7 Å². The van der Waals surface area contributed by atoms with E-state index in [0.717, 1.165) is 22.2 Å². The Kier molecular flexibility index (Phi) is 6.17. The van der Waals surface area contributed by atoms with E-state index in [4.69, 9.17) is 0 Å². The molecule has 0 aliphatic heterocycles. The number of hydrogen-bond acceptors (Lipinski definition) is 5. The molecule has 0 spiro atoms. The topological polar surface area (TPSA) is 110 Å². The summed E-state index contributed by atoms with van der Waals surface area (Å²) in [7, 11) is -3.82. The van der Waals surface area contributed by atoms with Crippen LogP contribution < -0.4 is 9.62 Å². The second-order valence-corrected chi connectivity index (χ2v) is 8.28. The van der Waals surface area contributed by atoms with Gasteiger partial charge in [0, 0.05) is 17.8 Å². The number of nitro groups is 1. The van der Waals surface area contributed by atoms with Gasteiger partial charge in [0.1, 0.15) is 6.54 Å². The quantitative estimate of drug-likeness (QED) is 0.576. The SMILES string of the molecule is CC(C)c1ccc(NC(=O)CN(c2cccc([N+](=O)[O-])c2)S(C)(=O)=O)cc1. The van der Waals surface area contributed by atoms with Gasteiger partial charge in [0.25, 0.3) is 5.69 Å². The molecule has 0 aliphatic rings. The molecule has 0 saturated heterocycles. The number of hydrogen-bond donors (Lipinski definition) is 1. The highest BCUT2D eigenvalue weighted by Gasteiger charge is 2.22. The average molecular weight is 391 g/mol. The molecule has 0 heterocycles. The van der Waals surface area contributed by atoms with Crippen LogP contribution in [0.15, 0.2) is 48.5 Å². The highest BCUT2D eigenvalue weighted by molar-refractivity contribution is 7.92. The Hall–Kier alpha value is -2.94. The molecule has 1 amide bonds. The Bertz CT molecular complexity index is 940. The van der Waals surface area contributed by atoms with Gasteiger partial charge in [0.05, 0.1) is 16.9 Å². The first-order valence-corrected chi connectivity index (χ1v) is 10.0. The summed E-state index contributed by atoms with van der Waals surface area (Å²) in [5, 5.41) is 13.6. The zero-order chi connectivity index (χ0) is 20.2. The molecular formula is C18H21N3O5S. The van der Waals surface area contributed by atoms with Gasteiger partial charge in [0.15, 0.2) is 0 Å². The maximum absolute atomic E-state index is 12.3. The summed E-state index contributed by atoms with van der Waals surface area (Å²) in [6.45, 7) is 3.61. The van der Waals surface area contributed by atoms with E-state index in [1.54, 1.807) is 12.1 Å². The lowest BCUT2D eigenvalue weighted by atomic mass is 10.0. The molecule has 0 unspecified atom stereocenters. The van der Waals surface area contributed by atoms with Crippen LogP contribution in [0.2, 0.25) is 0 Å². The number of anilines is 2. The van der Waals surface area contributed by atoms with Crippen LogP contribution in [0.25, 0.3) is 0 Å². The highest BCUT2D eigenvalue weighted by atomic mass is 32.2. The minimum absolute atomic E-state index is 0.0528. The van der Waals surface area contributed by atoms with Gasteiger partial charge in [0.2, 0.25) is 15.9 Å². The van der Waals surface area contributed by atoms with Gasteiger partial charge in [-0.2, -0.15) is 0 Å². The van der Waals surface area contributed by atoms with Gasteiger partial charge in [-0.25, -0.2) is 8.42 Å². The Labute approximate surface area is 158 Å². The molecule has 0 aliphatic carbocycles. The van der Waals surface area contributed by atoms with E-state index in [1.165, 1.54) is 18.2 Å². The van der Waals surface area contributed by atoms with E-state index in [-0.39, 0.29) is 11.4 Å². The summed E-state index contributed by atoms with van der Waals surface area (Å²) < 4.78 is 25.0. The number of amides is 1. The van der Waals surface area contributed by atoms with Crippen LogP contribution in [0.4, 0.5) is 17.1 Å². The molecule has 0 saturated carbocycles. The van der Waals surface area contributed by atoms with E-state index >= 15 is 0 Å². The third kappa shape index (κ3) is 5.52. The van der Waals surface area contributed by atoms with Crippen molar-refractivity contribution in [3.63, 3.8) is 0 Å². The van der Waals surface area contributed by atoms with Crippen molar-refractivity contribution in [2.45, 2.75) is 19.8 Å². The second-order valence-electron chi connectivity index (χ2n) is 6.37. The van der Waals surface area contributed by atoms with Crippen LogP contribution >= 0.6 is 0 Å². The maximum Gasteiger partial charge on any atom is 0.271 e. The lowest BCUT2D eigenvalue weighted by Gasteiger charge is -2.21. The summed E-state index contributed by atoms with van der Waals surface area (Å²) in [4.78, 5) is 22.6. The molecule has 2 aromatic rings. The second kappa shape index (κ2) is 8.17. The van der Waals surface area contributed by atoms with Crippen molar-refractivity contribution < 1.29 is 18.1 Å². The number of rotatable bonds is 7. The molecule has 1 N–H and O–H groups in total. The lowest BCUT2D eigenvalue weighted by molar-refractivity contribution is -0.384. The Morgan fingerprint density at radius 2 is 1.81 bits per heavy atom. The van der Waals surface area contributed by atoms with E-state index in [2.05, 4.69) is 19.2 Å². The van der Waals surface area contributed by atoms with Crippen molar-refractivity contribution in [2.75, 3.05) is 22.4 Å². The fourth-order valence-electron chi connectivity index (χ4n) is 2.44. The summed E-state index contributed by atoms with van der Waals surface area (Å²) >= 11 is 0. The van der Waals surface area contributed by atoms with Crippen LogP contribution in [0.3, 0.4) is 0 Å². The molecule has 27 heavy (non-hydrogen) atoms. The van der Waals surface area contributed by atoms with Crippen molar-refractivity contribution in [3.05, 3.63) is 64.2 Å². The molecule has 0 radical (unpaired) electrons. The molecule has 144 valence electrons. The molecule has 2 aromatic carbocycles. The summed E-state index contributed by atoms with van der Waals surface area (Å²) in [6.07, 6.45) is 0.941. The van der Waals surface area contributed by atoms with Gasteiger partial charge in [-0.3, -0.25) is 19.2 Å². The molecule has 0 atom stereocenters. The third-order valence-corrected chi connectivity index (χ3v) is 5.02. The summed E-state index contributed by atoms with van der Waals surface area (Å²) in [5.41, 5.74) is 1.45. The Morgan fingerprint density at radius 3 is 2.33 bits per heavy atom. The predicted molar refractivity (Wildman–Crippen MR) is 104 cm³/mol. The molecule has 9 heteroatoms. The van der Waals surface area contributed by atoms with E-state index in [0.29, 0.717) is 11.6 Å². The maximum atomic E-state index is 12.3. The lowest BCUT2D eigenvalue weighted by Crippen LogP contribution is -2.37. The Morgan fingerprint density at radius 1 is 1.19 bits per heavy atom. The van der Waals surface area contributed by atoms with Crippen molar-refractivity contribution in [1.29, 1.82) is 0 Å². The minimum Gasteiger partial charge on any atom is -0.325 e. The number of benzene rings is 2. The first-order valence-electron chi connectivity index (χ1n) is 8.20. The number of nitrogens with one attached hydrogen (secondary N) is 1. The molecule has 2 rings (SSSR count). The minimum atomic E-state index is -3.82. The summed E-state index contributed by atoms with van der Waals surface area (Å²) in [5.74, 6) is -0.200. The van der Waals surface area contributed by atoms with Crippen molar-refractivity contribution in [3.8, 4) is 0 Å². The molecule has 0 bridgehead atoms. The van der Waals surface area contributed by atoms with Gasteiger partial charge >= 0.3 is 0 Å². The first kappa shape index (κ1) is 20.4. The van der Waals surface area contributed by atoms with Crippen molar-refractivity contribution >= 4 is 33.0 Å². The predicted octanol–water partition coefficient (Wildman–Crippen LogP) is 3.12. The van der Waals surface area contributed by atoms with Crippen LogP contribution in [0.1, 0.15) is 25.3 Å². The number of nitro benzene ring substituents is 1. The van der Waals surface area contributed by atoms with E-state index in [1.807, 2.05) is 12.1 Å². The monoisotopic (exact) mass is 391 g/mol. The summed E-state index contributed by atoms with van der Waals surface area (Å²) in [6, 6.07) is 12.4. The molecule has 0 fully saturated rings. The van der Waals surface area contributed by atoms with Crippen molar-refractivity contribution in [1.82, 2.24) is 0 Å². The van der Waals surface area contributed by atoms with Crippen LogP contribution in [0.5, 0.6) is 0 Å². The van der Waals surface area contributed by atoms with Crippen LogP contribution in [-0.2, 0) is 14.8 Å². The highest BCUT2D eigenvalue weighted by Crippen LogP contribution is 2.23. The van der Waals surface area contributed by atoms with Gasteiger partial charge in [-0.1, -0.05) is 32.0 Å². The average Bonchev–Trinajstić information content (AvgIpc) is 2.59. The van der Waals surface area contributed by atoms with Crippen LogP contribution in [-0.4, -0.2) is 32.0 Å². The molecule has 0 aromatic heterocycles. The normalized spacial score (nSPS) is 11.3. The largest absolute Gasteiger partial charge is 0.325 e. The van der Waals surface area contributed by atoms with Gasteiger partial charge < -0.3 is 5.32 Å². The number of carbonyl (C=O) groups excluding carboxylic acids is 1. The van der Waals surface area contributed by atoms with E-state index < -0.39 is 27.4 Å². The van der Waals surface area contributed by atoms with E-state index in [9.17, 15) is 23.3 Å². The first-order chi connectivity index (χ1) is 12.6. The fourth-order valence-corrected chi connectivity index (χ4v) is 3.29. The number of non-ortho nitro benzene ring substituents is 1. The number of carbonyl (C=O) groups is 1.